The molecule has 2 nitrogen and oxygen atoms in total. The minimum Gasteiger partial charge on any atom is -0.503 e. The van der Waals surface area contributed by atoms with Gasteiger partial charge in [-0.3, -0.25) is 0 Å². The van der Waals surface area contributed by atoms with Crippen LogP contribution in [0.4, 0.5) is 8.78 Å². The van der Waals surface area contributed by atoms with Crippen LogP contribution in [0.5, 0.6) is 11.5 Å². The quantitative estimate of drug-likeness (QED) is 0.904. The maximum absolute atomic E-state index is 11.8. The van der Waals surface area contributed by atoms with Crippen LogP contribution in [0.1, 0.15) is 0 Å². The molecule has 13 heavy (non-hydrogen) atoms. The van der Waals surface area contributed by atoms with E-state index in [0.29, 0.717) is 4.47 Å². The van der Waals surface area contributed by atoms with Crippen LogP contribution >= 0.6 is 31.9 Å². The minimum atomic E-state index is -2.95. The fraction of sp³-hybridized carbons (Fsp3) is 0.143. The first-order valence-electron chi connectivity index (χ1n) is 3.14. The largest absolute Gasteiger partial charge is 0.503 e. The first-order chi connectivity index (χ1) is 6.02. The first kappa shape index (κ1) is 10.7. The summed E-state index contributed by atoms with van der Waals surface area (Å²) in [7, 11) is 0. The lowest BCUT2D eigenvalue weighted by molar-refractivity contribution is -0.0513. The van der Waals surface area contributed by atoms with Crippen LogP contribution in [0.2, 0.25) is 0 Å². The molecule has 0 saturated heterocycles. The number of ether oxygens (including phenoxy) is 1. The van der Waals surface area contributed by atoms with Gasteiger partial charge >= 0.3 is 6.61 Å². The summed E-state index contributed by atoms with van der Waals surface area (Å²) in [4.78, 5) is 0. The van der Waals surface area contributed by atoms with Crippen molar-refractivity contribution in [3.05, 3.63) is 21.1 Å². The Kier molecular flexibility index (Phi) is 3.49. The molecule has 0 heterocycles. The second-order valence-corrected chi connectivity index (χ2v) is 3.73. The number of phenolic OH excluding ortho intramolecular Hbond substituents is 1. The highest BCUT2D eigenvalue weighted by Crippen LogP contribution is 2.39. The molecular formula is C7H4Br2F2O2. The van der Waals surface area contributed by atoms with Crippen LogP contribution in [-0.4, -0.2) is 11.7 Å². The van der Waals surface area contributed by atoms with Gasteiger partial charge in [0.1, 0.15) is 0 Å². The van der Waals surface area contributed by atoms with Gasteiger partial charge in [0.25, 0.3) is 0 Å². The van der Waals surface area contributed by atoms with Gasteiger partial charge in [0, 0.05) is 4.47 Å². The summed E-state index contributed by atoms with van der Waals surface area (Å²) < 4.78 is 28.4. The van der Waals surface area contributed by atoms with Gasteiger partial charge in [0.2, 0.25) is 0 Å². The normalized spacial score (nSPS) is 10.5. The van der Waals surface area contributed by atoms with Crippen molar-refractivity contribution in [2.45, 2.75) is 6.61 Å². The van der Waals surface area contributed by atoms with Crippen molar-refractivity contribution < 1.29 is 18.6 Å². The molecule has 0 aromatic heterocycles. The van der Waals surface area contributed by atoms with Crippen LogP contribution < -0.4 is 4.74 Å². The monoisotopic (exact) mass is 316 g/mol. The van der Waals surface area contributed by atoms with Gasteiger partial charge in [-0.2, -0.15) is 8.78 Å². The van der Waals surface area contributed by atoms with E-state index in [-0.39, 0.29) is 16.0 Å². The van der Waals surface area contributed by atoms with Crippen LogP contribution in [0.25, 0.3) is 0 Å². The zero-order valence-corrected chi connectivity index (χ0v) is 9.27. The second-order valence-electron chi connectivity index (χ2n) is 2.09. The molecular weight excluding hydrogens is 314 g/mol. The third-order valence-electron chi connectivity index (χ3n) is 1.25. The standard InChI is InChI=1S/C7H4Br2F2O2/c8-3-1-2-4(13-7(10)11)6(12)5(3)9/h1-2,7,12H. The zero-order valence-electron chi connectivity index (χ0n) is 6.10. The van der Waals surface area contributed by atoms with Gasteiger partial charge in [0.15, 0.2) is 11.5 Å². The number of hydrogen-bond acceptors (Lipinski definition) is 2. The summed E-state index contributed by atoms with van der Waals surface area (Å²) in [5.74, 6) is -0.611. The maximum atomic E-state index is 11.8. The predicted molar refractivity (Wildman–Crippen MR) is 50.1 cm³/mol. The summed E-state index contributed by atoms with van der Waals surface area (Å²) >= 11 is 6.09. The lowest BCUT2D eigenvalue weighted by atomic mass is 10.3. The maximum Gasteiger partial charge on any atom is 0.387 e. The Morgan fingerprint density at radius 3 is 2.46 bits per heavy atom. The number of halogens is 4. The van der Waals surface area contributed by atoms with E-state index in [4.69, 9.17) is 0 Å². The highest BCUT2D eigenvalue weighted by Gasteiger charge is 2.13. The van der Waals surface area contributed by atoms with E-state index in [1.807, 2.05) is 0 Å². The Morgan fingerprint density at radius 2 is 1.92 bits per heavy atom. The molecule has 0 fully saturated rings. The van der Waals surface area contributed by atoms with E-state index in [0.717, 1.165) is 0 Å². The highest BCUT2D eigenvalue weighted by atomic mass is 79.9. The number of rotatable bonds is 2. The van der Waals surface area contributed by atoms with E-state index >= 15 is 0 Å². The fourth-order valence-electron chi connectivity index (χ4n) is 0.713. The molecule has 0 aliphatic carbocycles. The molecule has 0 unspecified atom stereocenters. The first-order valence-corrected chi connectivity index (χ1v) is 4.72. The van der Waals surface area contributed by atoms with Gasteiger partial charge < -0.3 is 9.84 Å². The number of phenols is 1. The molecule has 1 rings (SSSR count). The molecule has 1 aromatic carbocycles. The third kappa shape index (κ3) is 2.54. The van der Waals surface area contributed by atoms with Crippen molar-refractivity contribution in [1.82, 2.24) is 0 Å². The molecule has 0 saturated carbocycles. The zero-order chi connectivity index (χ0) is 10.0. The van der Waals surface area contributed by atoms with Gasteiger partial charge in [0.05, 0.1) is 4.47 Å². The molecule has 6 heteroatoms. The van der Waals surface area contributed by atoms with Crippen molar-refractivity contribution in [1.29, 1.82) is 0 Å². The van der Waals surface area contributed by atoms with Gasteiger partial charge in [-0.05, 0) is 44.0 Å². The lowest BCUT2D eigenvalue weighted by Crippen LogP contribution is -2.02. The topological polar surface area (TPSA) is 29.5 Å². The van der Waals surface area contributed by atoms with E-state index in [1.54, 1.807) is 0 Å². The number of alkyl halides is 2. The number of hydrogen-bond donors (Lipinski definition) is 1. The molecule has 0 amide bonds. The molecule has 0 spiro atoms. The SMILES string of the molecule is Oc1c(OC(F)F)ccc(Br)c1Br. The van der Waals surface area contributed by atoms with Gasteiger partial charge in [-0.15, -0.1) is 0 Å². The van der Waals surface area contributed by atoms with Gasteiger partial charge in [-0.1, -0.05) is 0 Å². The summed E-state index contributed by atoms with van der Waals surface area (Å²) in [5, 5.41) is 9.29. The average Bonchev–Trinajstić information content (AvgIpc) is 2.06. The van der Waals surface area contributed by atoms with E-state index in [9.17, 15) is 13.9 Å². The van der Waals surface area contributed by atoms with Crippen molar-refractivity contribution in [2.75, 3.05) is 0 Å². The molecule has 72 valence electrons. The Morgan fingerprint density at radius 1 is 1.31 bits per heavy atom. The second kappa shape index (κ2) is 4.23. The van der Waals surface area contributed by atoms with Crippen LogP contribution in [0.3, 0.4) is 0 Å². The minimum absolute atomic E-state index is 0.259. The van der Waals surface area contributed by atoms with Gasteiger partial charge in [-0.25, -0.2) is 0 Å². The van der Waals surface area contributed by atoms with E-state index < -0.39 is 6.61 Å². The summed E-state index contributed by atoms with van der Waals surface area (Å²) in [6.07, 6.45) is 0. The van der Waals surface area contributed by atoms with Crippen molar-refractivity contribution in [2.24, 2.45) is 0 Å². The smallest absolute Gasteiger partial charge is 0.387 e. The van der Waals surface area contributed by atoms with E-state index in [1.165, 1.54) is 12.1 Å². The molecule has 0 atom stereocenters. The molecule has 0 aliphatic rings. The van der Waals surface area contributed by atoms with Crippen LogP contribution in [0.15, 0.2) is 21.1 Å². The Bertz CT molecular complexity index is 318. The number of aromatic hydroxyl groups is 1. The molecule has 0 aliphatic heterocycles. The van der Waals surface area contributed by atoms with Crippen LogP contribution in [0, 0.1) is 0 Å². The summed E-state index contributed by atoms with van der Waals surface area (Å²) in [6.45, 7) is -2.95. The Balaban J connectivity index is 3.04. The molecule has 1 N–H and O–H groups in total. The lowest BCUT2D eigenvalue weighted by Gasteiger charge is -2.08. The Labute approximate surface area is 89.8 Å². The highest BCUT2D eigenvalue weighted by molar-refractivity contribution is 9.13. The summed E-state index contributed by atoms with van der Waals surface area (Å²) in [6, 6.07) is 2.73. The van der Waals surface area contributed by atoms with Crippen LogP contribution in [-0.2, 0) is 0 Å². The number of benzene rings is 1. The fourth-order valence-corrected chi connectivity index (χ4v) is 1.36. The molecule has 0 bridgehead atoms. The van der Waals surface area contributed by atoms with Crippen molar-refractivity contribution in [3.8, 4) is 11.5 Å². The average molecular weight is 318 g/mol. The third-order valence-corrected chi connectivity index (χ3v) is 3.24. The molecule has 0 radical (unpaired) electrons. The van der Waals surface area contributed by atoms with Crippen molar-refractivity contribution >= 4 is 31.9 Å². The molecule has 1 aromatic rings. The Hall–Kier alpha value is -0.360. The summed E-state index contributed by atoms with van der Waals surface area (Å²) in [5.41, 5.74) is 0. The predicted octanol–water partition coefficient (Wildman–Crippen LogP) is 3.52. The van der Waals surface area contributed by atoms with E-state index in [2.05, 4.69) is 36.6 Å². The van der Waals surface area contributed by atoms with Crippen molar-refractivity contribution in [3.63, 3.8) is 0 Å².